The molecule has 0 spiro atoms. The van der Waals surface area contributed by atoms with Gasteiger partial charge in [-0.15, -0.1) is 24.0 Å². The second kappa shape index (κ2) is 10.8. The Morgan fingerprint density at radius 2 is 1.78 bits per heavy atom. The highest BCUT2D eigenvalue weighted by Gasteiger charge is 2.16. The maximum absolute atomic E-state index is 5.41. The van der Waals surface area contributed by atoms with Crippen molar-refractivity contribution in [3.05, 3.63) is 35.4 Å². The fourth-order valence-corrected chi connectivity index (χ4v) is 1.99. The lowest BCUT2D eigenvalue weighted by Crippen LogP contribution is -2.45. The Bertz CT molecular complexity index is 489. The molecule has 1 aromatic carbocycles. The molecule has 0 atom stereocenters. The Morgan fingerprint density at radius 3 is 2.30 bits per heavy atom. The highest BCUT2D eigenvalue weighted by atomic mass is 127. The summed E-state index contributed by atoms with van der Waals surface area (Å²) in [4.78, 5) is 6.43. The Labute approximate surface area is 157 Å². The first kappa shape index (κ1) is 22.1. The number of hydrogen-bond donors (Lipinski definition) is 2. The molecule has 1 aromatic rings. The van der Waals surface area contributed by atoms with E-state index in [4.69, 9.17) is 4.74 Å². The van der Waals surface area contributed by atoms with Crippen molar-refractivity contribution in [3.8, 4) is 0 Å². The van der Waals surface area contributed by atoms with Gasteiger partial charge < -0.3 is 20.3 Å². The SMILES string of the molecule is CN=C(NCc1ccccc1CN(C)C)NCC(C)(C)OC.I. The molecule has 0 fully saturated rings. The van der Waals surface area contributed by atoms with E-state index < -0.39 is 0 Å². The number of halogens is 1. The molecule has 0 saturated carbocycles. The third kappa shape index (κ3) is 8.53. The molecule has 5 nitrogen and oxygen atoms in total. The van der Waals surface area contributed by atoms with Crippen LogP contribution in [-0.4, -0.2) is 51.3 Å². The van der Waals surface area contributed by atoms with E-state index in [9.17, 15) is 0 Å². The van der Waals surface area contributed by atoms with Gasteiger partial charge in [-0.2, -0.15) is 0 Å². The van der Waals surface area contributed by atoms with Crippen LogP contribution in [0, 0.1) is 0 Å². The van der Waals surface area contributed by atoms with Gasteiger partial charge in [0.05, 0.1) is 5.60 Å². The standard InChI is InChI=1S/C17H30N4O.HI/c1-17(2,22-6)13-20-16(18-3)19-11-14-9-7-8-10-15(14)12-21(4)5;/h7-10H,11-13H2,1-6H3,(H2,18,19,20);1H. The maximum atomic E-state index is 5.41. The summed E-state index contributed by atoms with van der Waals surface area (Å²) < 4.78 is 5.41. The van der Waals surface area contributed by atoms with Crippen LogP contribution >= 0.6 is 24.0 Å². The summed E-state index contributed by atoms with van der Waals surface area (Å²) in [6.07, 6.45) is 0. The predicted molar refractivity (Wildman–Crippen MR) is 109 cm³/mol. The number of methoxy groups -OCH3 is 1. The zero-order valence-electron chi connectivity index (χ0n) is 15.1. The lowest BCUT2D eigenvalue weighted by molar-refractivity contribution is 0.0268. The number of aliphatic imine (C=N–C) groups is 1. The van der Waals surface area contributed by atoms with E-state index in [1.54, 1.807) is 14.2 Å². The van der Waals surface area contributed by atoms with Gasteiger partial charge in [-0.1, -0.05) is 24.3 Å². The molecule has 0 unspecified atom stereocenters. The number of nitrogens with zero attached hydrogens (tertiary/aromatic N) is 2. The van der Waals surface area contributed by atoms with Gasteiger partial charge >= 0.3 is 0 Å². The Kier molecular flexibility index (Phi) is 10.4. The van der Waals surface area contributed by atoms with Crippen molar-refractivity contribution in [2.24, 2.45) is 4.99 Å². The molecule has 132 valence electrons. The molecule has 1 rings (SSSR count). The Morgan fingerprint density at radius 1 is 1.17 bits per heavy atom. The zero-order valence-corrected chi connectivity index (χ0v) is 17.5. The van der Waals surface area contributed by atoms with Gasteiger partial charge in [-0.3, -0.25) is 4.99 Å². The predicted octanol–water partition coefficient (Wildman–Crippen LogP) is 2.46. The van der Waals surface area contributed by atoms with Crippen LogP contribution in [0.2, 0.25) is 0 Å². The fraction of sp³-hybridized carbons (Fsp3) is 0.588. The number of benzene rings is 1. The van der Waals surface area contributed by atoms with E-state index in [1.165, 1.54) is 11.1 Å². The molecule has 2 N–H and O–H groups in total. The molecule has 0 radical (unpaired) electrons. The Hall–Kier alpha value is -0.860. The minimum absolute atomic E-state index is 0. The minimum atomic E-state index is -0.222. The molecule has 0 saturated heterocycles. The van der Waals surface area contributed by atoms with Crippen LogP contribution in [0.3, 0.4) is 0 Å². The summed E-state index contributed by atoms with van der Waals surface area (Å²) in [7, 11) is 7.66. The number of guanidine groups is 1. The first-order chi connectivity index (χ1) is 10.4. The van der Waals surface area contributed by atoms with Crippen LogP contribution in [0.4, 0.5) is 0 Å². The topological polar surface area (TPSA) is 48.9 Å². The highest BCUT2D eigenvalue weighted by Crippen LogP contribution is 2.10. The van der Waals surface area contributed by atoms with Crippen molar-refractivity contribution in [2.45, 2.75) is 32.5 Å². The van der Waals surface area contributed by atoms with E-state index in [-0.39, 0.29) is 29.6 Å². The second-order valence-electron chi connectivity index (χ2n) is 6.25. The summed E-state index contributed by atoms with van der Waals surface area (Å²) in [5.74, 6) is 0.782. The van der Waals surface area contributed by atoms with Crippen LogP contribution < -0.4 is 10.6 Å². The Balaban J connectivity index is 0.00000484. The van der Waals surface area contributed by atoms with Crippen molar-refractivity contribution in [1.29, 1.82) is 0 Å². The third-order valence-electron chi connectivity index (χ3n) is 3.51. The maximum Gasteiger partial charge on any atom is 0.191 e. The van der Waals surface area contributed by atoms with E-state index in [0.29, 0.717) is 6.54 Å². The molecule has 0 aliphatic carbocycles. The van der Waals surface area contributed by atoms with E-state index in [0.717, 1.165) is 19.0 Å². The number of ether oxygens (including phenoxy) is 1. The molecule has 0 heterocycles. The minimum Gasteiger partial charge on any atom is -0.377 e. The first-order valence-electron chi connectivity index (χ1n) is 7.59. The van der Waals surface area contributed by atoms with Gasteiger partial charge in [0.1, 0.15) is 0 Å². The van der Waals surface area contributed by atoms with Crippen molar-refractivity contribution >= 4 is 29.9 Å². The monoisotopic (exact) mass is 434 g/mol. The quantitative estimate of drug-likeness (QED) is 0.393. The van der Waals surface area contributed by atoms with Gasteiger partial charge in [0.25, 0.3) is 0 Å². The average Bonchev–Trinajstić information content (AvgIpc) is 2.48. The summed E-state index contributed by atoms with van der Waals surface area (Å²) >= 11 is 0. The van der Waals surface area contributed by atoms with Gasteiger partial charge in [-0.05, 0) is 39.1 Å². The molecule has 6 heteroatoms. The van der Waals surface area contributed by atoms with Crippen molar-refractivity contribution < 1.29 is 4.74 Å². The van der Waals surface area contributed by atoms with Gasteiger partial charge in [0.2, 0.25) is 0 Å². The normalized spacial score (nSPS) is 12.0. The van der Waals surface area contributed by atoms with E-state index in [1.807, 2.05) is 13.8 Å². The largest absolute Gasteiger partial charge is 0.377 e. The summed E-state index contributed by atoms with van der Waals surface area (Å²) in [6.45, 7) is 6.46. The third-order valence-corrected chi connectivity index (χ3v) is 3.51. The molecule has 0 aliphatic heterocycles. The number of nitrogens with one attached hydrogen (secondary N) is 2. The van der Waals surface area contributed by atoms with Crippen LogP contribution in [-0.2, 0) is 17.8 Å². The molecule has 0 amide bonds. The summed E-state index contributed by atoms with van der Waals surface area (Å²) in [6, 6.07) is 8.47. The highest BCUT2D eigenvalue weighted by molar-refractivity contribution is 14.0. The fourth-order valence-electron chi connectivity index (χ4n) is 1.99. The molecule has 0 aromatic heterocycles. The van der Waals surface area contributed by atoms with Crippen LogP contribution in [0.15, 0.2) is 29.3 Å². The lowest BCUT2D eigenvalue weighted by Gasteiger charge is -2.24. The molecule has 23 heavy (non-hydrogen) atoms. The molecule has 0 aliphatic rings. The first-order valence-corrected chi connectivity index (χ1v) is 7.59. The smallest absolute Gasteiger partial charge is 0.191 e. The van der Waals surface area contributed by atoms with Crippen molar-refractivity contribution in [3.63, 3.8) is 0 Å². The zero-order chi connectivity index (χ0) is 16.6. The van der Waals surface area contributed by atoms with Crippen molar-refractivity contribution in [1.82, 2.24) is 15.5 Å². The molecular weight excluding hydrogens is 403 g/mol. The average molecular weight is 434 g/mol. The number of rotatable bonds is 7. The molecule has 0 bridgehead atoms. The van der Waals surface area contributed by atoms with Gasteiger partial charge in [-0.25, -0.2) is 0 Å². The van der Waals surface area contributed by atoms with Crippen molar-refractivity contribution in [2.75, 3.05) is 34.8 Å². The van der Waals surface area contributed by atoms with Gasteiger partial charge in [0.15, 0.2) is 5.96 Å². The van der Waals surface area contributed by atoms with Gasteiger partial charge in [0, 0.05) is 33.8 Å². The summed E-state index contributed by atoms with van der Waals surface area (Å²) in [5, 5.41) is 6.66. The van der Waals surface area contributed by atoms with E-state index in [2.05, 4.69) is 58.9 Å². The second-order valence-corrected chi connectivity index (χ2v) is 6.25. The number of hydrogen-bond acceptors (Lipinski definition) is 3. The van der Waals surface area contributed by atoms with E-state index >= 15 is 0 Å². The van der Waals surface area contributed by atoms with Crippen LogP contribution in [0.25, 0.3) is 0 Å². The lowest BCUT2D eigenvalue weighted by atomic mass is 10.1. The van der Waals surface area contributed by atoms with Crippen LogP contribution in [0.1, 0.15) is 25.0 Å². The molecular formula is C17H31IN4O. The van der Waals surface area contributed by atoms with Crippen LogP contribution in [0.5, 0.6) is 0 Å². The summed E-state index contributed by atoms with van der Waals surface area (Å²) in [5.41, 5.74) is 2.39.